The maximum atomic E-state index is 13.2. The molecule has 4 rings (SSSR count). The van der Waals surface area contributed by atoms with Crippen LogP contribution in [0.5, 0.6) is 23.0 Å². The maximum absolute atomic E-state index is 13.2. The number of carbonyl (C=O) groups excluding carboxylic acids is 1. The number of methoxy groups -OCH3 is 3. The topological polar surface area (TPSA) is 103 Å². The van der Waals surface area contributed by atoms with Gasteiger partial charge in [0.2, 0.25) is 5.91 Å². The summed E-state index contributed by atoms with van der Waals surface area (Å²) < 4.78 is 83.7. The average Bonchev–Trinajstić information content (AvgIpc) is 2.96. The van der Waals surface area contributed by atoms with E-state index in [9.17, 15) is 26.4 Å². The Balaban J connectivity index is 1.69. The summed E-state index contributed by atoms with van der Waals surface area (Å²) in [7, 11) is -1.74. The van der Waals surface area contributed by atoms with Crippen LogP contribution in [0.4, 0.5) is 13.2 Å². The van der Waals surface area contributed by atoms with Crippen LogP contribution in [0.25, 0.3) is 0 Å². The molecule has 1 unspecified atom stereocenters. The molecule has 13 heteroatoms. The van der Waals surface area contributed by atoms with Gasteiger partial charge in [-0.2, -0.15) is 21.6 Å². The molecule has 0 fully saturated rings. The summed E-state index contributed by atoms with van der Waals surface area (Å²) in [4.78, 5) is 14.9. The fourth-order valence-electron chi connectivity index (χ4n) is 4.85. The van der Waals surface area contributed by atoms with Crippen molar-refractivity contribution >= 4 is 16.0 Å². The van der Waals surface area contributed by atoms with Crippen molar-refractivity contribution in [3.05, 3.63) is 82.9 Å². The number of alkyl halides is 3. The van der Waals surface area contributed by atoms with Gasteiger partial charge in [-0.3, -0.25) is 9.69 Å². The molecule has 3 aromatic rings. The lowest BCUT2D eigenvalue weighted by Crippen LogP contribution is -2.43. The van der Waals surface area contributed by atoms with Gasteiger partial charge in [0.05, 0.1) is 27.9 Å². The summed E-state index contributed by atoms with van der Waals surface area (Å²) >= 11 is 0. The Morgan fingerprint density at radius 3 is 2.21 bits per heavy atom. The van der Waals surface area contributed by atoms with E-state index in [1.54, 1.807) is 12.1 Å². The fourth-order valence-corrected chi connectivity index (χ4v) is 5.31. The van der Waals surface area contributed by atoms with Crippen molar-refractivity contribution in [3.63, 3.8) is 0 Å². The van der Waals surface area contributed by atoms with Crippen molar-refractivity contribution in [3.8, 4) is 23.0 Å². The number of benzene rings is 3. The molecule has 1 N–H and O–H groups in total. The van der Waals surface area contributed by atoms with Crippen LogP contribution in [-0.4, -0.2) is 59.2 Å². The van der Waals surface area contributed by atoms with Gasteiger partial charge in [0.15, 0.2) is 23.0 Å². The molecule has 0 saturated heterocycles. The third kappa shape index (κ3) is 7.08. The Kier molecular flexibility index (Phi) is 9.52. The SMILES string of the molecule is COc1ccc(CC2c3cc(OS(=O)(=O)C(F)(F)F)c(OC)cc3CCN2CC(=O)NCc2ccccc2)cc1OC. The lowest BCUT2D eigenvalue weighted by atomic mass is 9.88. The van der Waals surface area contributed by atoms with Crippen molar-refractivity contribution in [2.24, 2.45) is 0 Å². The second kappa shape index (κ2) is 12.9. The minimum absolute atomic E-state index is 0.00665. The van der Waals surface area contributed by atoms with E-state index < -0.39 is 27.4 Å². The molecular weight excluding hydrogens is 577 g/mol. The van der Waals surface area contributed by atoms with E-state index in [-0.39, 0.29) is 18.2 Å². The summed E-state index contributed by atoms with van der Waals surface area (Å²) in [5.74, 6) is -0.000517. The number of halogens is 3. The Morgan fingerprint density at radius 1 is 0.905 bits per heavy atom. The second-order valence-corrected chi connectivity index (χ2v) is 11.1. The van der Waals surface area contributed by atoms with Crippen LogP contribution < -0.4 is 23.7 Å². The first kappa shape index (κ1) is 31.0. The molecule has 1 amide bonds. The van der Waals surface area contributed by atoms with Gasteiger partial charge in [0, 0.05) is 19.1 Å². The van der Waals surface area contributed by atoms with Crippen LogP contribution in [0.2, 0.25) is 0 Å². The minimum Gasteiger partial charge on any atom is -0.493 e. The van der Waals surface area contributed by atoms with Crippen molar-refractivity contribution in [1.82, 2.24) is 10.2 Å². The molecule has 1 heterocycles. The van der Waals surface area contributed by atoms with Gasteiger partial charge < -0.3 is 23.7 Å². The zero-order chi connectivity index (χ0) is 30.5. The van der Waals surface area contributed by atoms with Gasteiger partial charge in [0.25, 0.3) is 0 Å². The third-order valence-corrected chi connectivity index (χ3v) is 7.90. The Labute approximate surface area is 242 Å². The molecule has 0 spiro atoms. The van der Waals surface area contributed by atoms with Gasteiger partial charge >= 0.3 is 15.6 Å². The van der Waals surface area contributed by atoms with Gasteiger partial charge in [-0.05, 0) is 59.4 Å². The number of nitrogens with one attached hydrogen (secondary N) is 1. The van der Waals surface area contributed by atoms with Crippen LogP contribution >= 0.6 is 0 Å². The van der Waals surface area contributed by atoms with Gasteiger partial charge in [-0.15, -0.1) is 0 Å². The minimum atomic E-state index is -5.96. The van der Waals surface area contributed by atoms with Gasteiger partial charge in [-0.25, -0.2) is 0 Å². The van der Waals surface area contributed by atoms with E-state index in [0.29, 0.717) is 43.0 Å². The molecule has 226 valence electrons. The van der Waals surface area contributed by atoms with Crippen LogP contribution in [0.15, 0.2) is 60.7 Å². The summed E-state index contributed by atoms with van der Waals surface area (Å²) in [6.07, 6.45) is 0.753. The zero-order valence-electron chi connectivity index (χ0n) is 23.2. The highest BCUT2D eigenvalue weighted by Gasteiger charge is 2.49. The monoisotopic (exact) mass is 608 g/mol. The van der Waals surface area contributed by atoms with Crippen molar-refractivity contribution in [2.75, 3.05) is 34.4 Å². The molecule has 0 aromatic heterocycles. The highest BCUT2D eigenvalue weighted by Crippen LogP contribution is 2.42. The van der Waals surface area contributed by atoms with E-state index in [2.05, 4.69) is 9.50 Å². The molecule has 0 saturated carbocycles. The van der Waals surface area contributed by atoms with Crippen molar-refractivity contribution in [2.45, 2.75) is 30.9 Å². The first-order valence-electron chi connectivity index (χ1n) is 12.9. The highest BCUT2D eigenvalue weighted by atomic mass is 32.2. The molecule has 0 bridgehead atoms. The smallest absolute Gasteiger partial charge is 0.493 e. The van der Waals surface area contributed by atoms with Crippen LogP contribution in [0.3, 0.4) is 0 Å². The lowest BCUT2D eigenvalue weighted by molar-refractivity contribution is -0.123. The summed E-state index contributed by atoms with van der Waals surface area (Å²) in [5.41, 5.74) is -2.66. The normalized spacial score (nSPS) is 15.4. The number of nitrogens with zero attached hydrogens (tertiary/aromatic N) is 1. The predicted octanol–water partition coefficient (Wildman–Crippen LogP) is 4.40. The average molecular weight is 609 g/mol. The number of ether oxygens (including phenoxy) is 3. The molecule has 0 radical (unpaired) electrons. The summed E-state index contributed by atoms with van der Waals surface area (Å²) in [6.45, 7) is 0.774. The molecule has 1 aliphatic heterocycles. The van der Waals surface area contributed by atoms with E-state index in [1.807, 2.05) is 41.3 Å². The molecular formula is C29H31F3N2O7S. The molecule has 42 heavy (non-hydrogen) atoms. The van der Waals surface area contributed by atoms with E-state index in [0.717, 1.165) is 16.7 Å². The Hall–Kier alpha value is -3.97. The largest absolute Gasteiger partial charge is 0.534 e. The predicted molar refractivity (Wildman–Crippen MR) is 148 cm³/mol. The standard InChI is InChI=1S/C29H31F3N2O7S/c1-38-24-10-9-20(14-25(24)39-2)13-23-22-16-27(41-42(36,37)29(30,31)32)26(40-3)15-21(22)11-12-34(23)18-28(35)33-17-19-7-5-4-6-8-19/h4-10,14-16,23H,11-13,17-18H2,1-3H3,(H,33,35). The van der Waals surface area contributed by atoms with E-state index in [4.69, 9.17) is 14.2 Å². The van der Waals surface area contributed by atoms with Crippen molar-refractivity contribution < 1.29 is 44.8 Å². The number of hydrogen-bond acceptors (Lipinski definition) is 8. The molecule has 0 aliphatic carbocycles. The Bertz CT molecular complexity index is 1520. The third-order valence-electron chi connectivity index (χ3n) is 6.93. The molecule has 1 aliphatic rings. The Morgan fingerprint density at radius 2 is 1.57 bits per heavy atom. The molecule has 3 aromatic carbocycles. The van der Waals surface area contributed by atoms with Crippen molar-refractivity contribution in [1.29, 1.82) is 0 Å². The summed E-state index contributed by atoms with van der Waals surface area (Å²) in [5, 5.41) is 2.90. The highest BCUT2D eigenvalue weighted by molar-refractivity contribution is 7.88. The van der Waals surface area contributed by atoms with Crippen LogP contribution in [0, 0.1) is 0 Å². The first-order chi connectivity index (χ1) is 20.0. The number of hydrogen-bond donors (Lipinski definition) is 1. The van der Waals surface area contributed by atoms with Gasteiger partial charge in [-0.1, -0.05) is 36.4 Å². The van der Waals surface area contributed by atoms with Gasteiger partial charge in [0.1, 0.15) is 0 Å². The second-order valence-electron chi connectivity index (χ2n) is 9.58. The van der Waals surface area contributed by atoms with E-state index >= 15 is 0 Å². The van der Waals surface area contributed by atoms with E-state index in [1.165, 1.54) is 33.5 Å². The molecule has 9 nitrogen and oxygen atoms in total. The number of amides is 1. The maximum Gasteiger partial charge on any atom is 0.534 e. The number of rotatable bonds is 11. The quantitative estimate of drug-likeness (QED) is 0.253. The summed E-state index contributed by atoms with van der Waals surface area (Å²) in [6, 6.07) is 16.9. The molecule has 1 atom stereocenters. The fraction of sp³-hybridized carbons (Fsp3) is 0.345. The van der Waals surface area contributed by atoms with Crippen LogP contribution in [-0.2, 0) is 34.3 Å². The lowest BCUT2D eigenvalue weighted by Gasteiger charge is -2.37. The number of fused-ring (bicyclic) bond motifs is 1. The number of carbonyl (C=O) groups is 1. The first-order valence-corrected chi connectivity index (χ1v) is 14.3. The van der Waals surface area contributed by atoms with Crippen LogP contribution in [0.1, 0.15) is 28.3 Å². The zero-order valence-corrected chi connectivity index (χ0v) is 24.0.